The molecule has 0 aliphatic carbocycles. The third-order valence-electron chi connectivity index (χ3n) is 2.15. The van der Waals surface area contributed by atoms with Crippen LogP contribution in [-0.4, -0.2) is 31.1 Å². The van der Waals surface area contributed by atoms with Gasteiger partial charge in [0.05, 0.1) is 19.8 Å². The van der Waals surface area contributed by atoms with E-state index in [1.807, 2.05) is 0 Å². The van der Waals surface area contributed by atoms with Crippen molar-refractivity contribution in [2.75, 3.05) is 14.2 Å². The van der Waals surface area contributed by atoms with Crippen molar-refractivity contribution >= 4 is 11.8 Å². The van der Waals surface area contributed by atoms with Crippen LogP contribution in [0.5, 0.6) is 11.5 Å². The summed E-state index contributed by atoms with van der Waals surface area (Å²) in [6.07, 6.45) is 0. The van der Waals surface area contributed by atoms with Crippen LogP contribution < -0.4 is 9.47 Å². The molecule has 86 valence electrons. The van der Waals surface area contributed by atoms with Gasteiger partial charge in [-0.1, -0.05) is 0 Å². The Morgan fingerprint density at radius 2 is 1.81 bits per heavy atom. The SMILES string of the molecule is COc1cc(C)c(C(=O)C(=O)O)c(OC)c1. The summed E-state index contributed by atoms with van der Waals surface area (Å²) in [7, 11) is 2.85. The van der Waals surface area contributed by atoms with E-state index in [2.05, 4.69) is 0 Å². The van der Waals surface area contributed by atoms with E-state index < -0.39 is 11.8 Å². The van der Waals surface area contributed by atoms with E-state index >= 15 is 0 Å². The molecule has 1 rings (SSSR count). The Labute approximate surface area is 92.6 Å². The number of benzene rings is 1. The summed E-state index contributed by atoms with van der Waals surface area (Å²) in [6, 6.07) is 3.06. The summed E-state index contributed by atoms with van der Waals surface area (Å²) in [6.45, 7) is 1.63. The molecule has 0 aliphatic heterocycles. The highest BCUT2D eigenvalue weighted by atomic mass is 16.5. The first kappa shape index (κ1) is 12.0. The van der Waals surface area contributed by atoms with Gasteiger partial charge in [-0.05, 0) is 18.6 Å². The number of aryl methyl sites for hydroxylation is 1. The van der Waals surface area contributed by atoms with Gasteiger partial charge < -0.3 is 14.6 Å². The van der Waals surface area contributed by atoms with Crippen LogP contribution in [0.1, 0.15) is 15.9 Å². The van der Waals surface area contributed by atoms with Crippen LogP contribution in [0.4, 0.5) is 0 Å². The Hall–Kier alpha value is -2.04. The smallest absolute Gasteiger partial charge is 0.377 e. The molecular formula is C11H12O5. The van der Waals surface area contributed by atoms with Crippen LogP contribution >= 0.6 is 0 Å². The normalized spacial score (nSPS) is 9.69. The standard InChI is InChI=1S/C11H12O5/c1-6-4-7(15-2)5-8(16-3)9(6)10(12)11(13)14/h4-5H,1-3H3,(H,13,14). The van der Waals surface area contributed by atoms with Gasteiger partial charge in [-0.25, -0.2) is 4.79 Å². The molecule has 5 nitrogen and oxygen atoms in total. The van der Waals surface area contributed by atoms with Gasteiger partial charge in [0.2, 0.25) is 0 Å². The number of rotatable bonds is 4. The third kappa shape index (κ3) is 2.13. The van der Waals surface area contributed by atoms with Crippen LogP contribution in [0.2, 0.25) is 0 Å². The van der Waals surface area contributed by atoms with E-state index in [1.54, 1.807) is 13.0 Å². The van der Waals surface area contributed by atoms with Crippen molar-refractivity contribution in [3.8, 4) is 11.5 Å². The van der Waals surface area contributed by atoms with E-state index in [1.165, 1.54) is 20.3 Å². The maximum absolute atomic E-state index is 11.4. The highest BCUT2D eigenvalue weighted by molar-refractivity contribution is 6.41. The summed E-state index contributed by atoms with van der Waals surface area (Å²) < 4.78 is 9.97. The van der Waals surface area contributed by atoms with Gasteiger partial charge in [0.15, 0.2) is 0 Å². The highest BCUT2D eigenvalue weighted by Crippen LogP contribution is 2.28. The fourth-order valence-electron chi connectivity index (χ4n) is 1.40. The molecule has 0 bridgehead atoms. The van der Waals surface area contributed by atoms with Gasteiger partial charge in [-0.15, -0.1) is 0 Å². The van der Waals surface area contributed by atoms with Crippen LogP contribution in [0, 0.1) is 6.92 Å². The molecule has 0 saturated heterocycles. The molecule has 0 atom stereocenters. The largest absolute Gasteiger partial charge is 0.497 e. The first-order valence-electron chi connectivity index (χ1n) is 4.51. The number of hydrogen-bond acceptors (Lipinski definition) is 4. The number of carbonyl (C=O) groups excluding carboxylic acids is 1. The molecule has 1 N–H and O–H groups in total. The molecule has 0 fully saturated rings. The monoisotopic (exact) mass is 224 g/mol. The van der Waals surface area contributed by atoms with E-state index in [9.17, 15) is 9.59 Å². The maximum atomic E-state index is 11.4. The predicted octanol–water partition coefficient (Wildman–Crippen LogP) is 1.28. The summed E-state index contributed by atoms with van der Waals surface area (Å²) in [5.74, 6) is -1.79. The van der Waals surface area contributed by atoms with Crippen LogP contribution in [0.15, 0.2) is 12.1 Å². The number of aliphatic carboxylic acids is 1. The van der Waals surface area contributed by atoms with Crippen molar-refractivity contribution in [3.63, 3.8) is 0 Å². The second-order valence-electron chi connectivity index (χ2n) is 3.16. The molecule has 0 spiro atoms. The Morgan fingerprint density at radius 1 is 1.19 bits per heavy atom. The molecule has 0 aliphatic rings. The van der Waals surface area contributed by atoms with Crippen molar-refractivity contribution in [1.29, 1.82) is 0 Å². The molecule has 5 heteroatoms. The van der Waals surface area contributed by atoms with E-state index in [-0.39, 0.29) is 11.3 Å². The minimum absolute atomic E-state index is 0.0517. The minimum Gasteiger partial charge on any atom is -0.497 e. The second-order valence-corrected chi connectivity index (χ2v) is 3.16. The zero-order chi connectivity index (χ0) is 12.3. The Bertz CT molecular complexity index is 436. The molecule has 16 heavy (non-hydrogen) atoms. The number of hydrogen-bond donors (Lipinski definition) is 1. The average molecular weight is 224 g/mol. The van der Waals surface area contributed by atoms with E-state index in [4.69, 9.17) is 14.6 Å². The maximum Gasteiger partial charge on any atom is 0.377 e. The molecule has 0 heterocycles. The Kier molecular flexibility index (Phi) is 3.50. The first-order valence-corrected chi connectivity index (χ1v) is 4.51. The Balaban J connectivity index is 3.38. The number of ketones is 1. The minimum atomic E-state index is -1.51. The summed E-state index contributed by atoms with van der Waals surface area (Å²) in [5, 5.41) is 8.67. The van der Waals surface area contributed by atoms with Crippen molar-refractivity contribution in [2.24, 2.45) is 0 Å². The Morgan fingerprint density at radius 3 is 2.25 bits per heavy atom. The van der Waals surface area contributed by atoms with E-state index in [0.717, 1.165) is 0 Å². The van der Waals surface area contributed by atoms with Gasteiger partial charge >= 0.3 is 5.97 Å². The summed E-state index contributed by atoms with van der Waals surface area (Å²) in [5.41, 5.74) is 0.555. The lowest BCUT2D eigenvalue weighted by Gasteiger charge is -2.11. The third-order valence-corrected chi connectivity index (χ3v) is 2.15. The van der Waals surface area contributed by atoms with Gasteiger partial charge in [0, 0.05) is 6.07 Å². The van der Waals surface area contributed by atoms with Crippen LogP contribution in [0.3, 0.4) is 0 Å². The van der Waals surface area contributed by atoms with Crippen molar-refractivity contribution in [3.05, 3.63) is 23.3 Å². The second kappa shape index (κ2) is 4.65. The van der Waals surface area contributed by atoms with Gasteiger partial charge in [0.25, 0.3) is 5.78 Å². The molecule has 0 saturated carbocycles. The quantitative estimate of drug-likeness (QED) is 0.616. The summed E-state index contributed by atoms with van der Waals surface area (Å²) in [4.78, 5) is 22.1. The lowest BCUT2D eigenvalue weighted by atomic mass is 10.0. The lowest BCUT2D eigenvalue weighted by Crippen LogP contribution is -2.15. The van der Waals surface area contributed by atoms with E-state index in [0.29, 0.717) is 11.3 Å². The predicted molar refractivity (Wildman–Crippen MR) is 56.2 cm³/mol. The first-order chi connectivity index (χ1) is 7.51. The van der Waals surface area contributed by atoms with Crippen molar-refractivity contribution in [2.45, 2.75) is 6.92 Å². The molecule has 0 amide bonds. The van der Waals surface area contributed by atoms with Crippen molar-refractivity contribution in [1.82, 2.24) is 0 Å². The fourth-order valence-corrected chi connectivity index (χ4v) is 1.40. The number of carboxylic acids is 1. The lowest BCUT2D eigenvalue weighted by molar-refractivity contribution is -0.131. The average Bonchev–Trinajstić information content (AvgIpc) is 2.26. The van der Waals surface area contributed by atoms with Gasteiger partial charge in [0.1, 0.15) is 11.5 Å². The summed E-state index contributed by atoms with van der Waals surface area (Å²) >= 11 is 0. The van der Waals surface area contributed by atoms with Gasteiger partial charge in [-0.2, -0.15) is 0 Å². The van der Waals surface area contributed by atoms with Crippen molar-refractivity contribution < 1.29 is 24.2 Å². The molecule has 0 unspecified atom stereocenters. The molecule has 0 aromatic heterocycles. The zero-order valence-corrected chi connectivity index (χ0v) is 9.23. The zero-order valence-electron chi connectivity index (χ0n) is 9.23. The fraction of sp³-hybridized carbons (Fsp3) is 0.273. The number of methoxy groups -OCH3 is 2. The van der Waals surface area contributed by atoms with Crippen LogP contribution in [-0.2, 0) is 4.79 Å². The number of carboxylic acid groups (broad SMARTS) is 1. The number of carbonyl (C=O) groups is 2. The number of ether oxygens (including phenoxy) is 2. The topological polar surface area (TPSA) is 72.8 Å². The molecular weight excluding hydrogens is 212 g/mol. The molecule has 1 aromatic rings. The molecule has 0 radical (unpaired) electrons. The van der Waals surface area contributed by atoms with Crippen LogP contribution in [0.25, 0.3) is 0 Å². The van der Waals surface area contributed by atoms with Gasteiger partial charge in [-0.3, -0.25) is 4.79 Å². The molecule has 1 aromatic carbocycles. The number of Topliss-reactive ketones (excluding diaryl/α,β-unsaturated/α-hetero) is 1. The highest BCUT2D eigenvalue weighted by Gasteiger charge is 2.22.